The molecule has 0 aliphatic rings. The first-order valence-corrected chi connectivity index (χ1v) is 7.65. The van der Waals surface area contributed by atoms with Crippen LogP contribution in [-0.4, -0.2) is 4.92 Å². The van der Waals surface area contributed by atoms with Gasteiger partial charge in [0.05, 0.1) is 4.92 Å². The highest BCUT2D eigenvalue weighted by molar-refractivity contribution is 8.76. The number of hydrogen-bond acceptors (Lipinski definition) is 4. The van der Waals surface area contributed by atoms with E-state index in [0.717, 1.165) is 11.3 Å². The van der Waals surface area contributed by atoms with Gasteiger partial charge in [-0.25, -0.2) is 0 Å². The van der Waals surface area contributed by atoms with Gasteiger partial charge in [-0.15, -0.1) is 0 Å². The first-order chi connectivity index (χ1) is 8.75. The van der Waals surface area contributed by atoms with Crippen LogP contribution in [0.4, 0.5) is 5.69 Å². The average Bonchev–Trinajstić information content (AvgIpc) is 2.40. The number of nitro benzene ring substituents is 1. The fourth-order valence-electron chi connectivity index (χ4n) is 1.36. The van der Waals surface area contributed by atoms with E-state index in [9.17, 15) is 10.1 Å². The molecule has 0 heterocycles. The maximum atomic E-state index is 10.5. The molecule has 0 spiro atoms. The molecule has 0 radical (unpaired) electrons. The maximum absolute atomic E-state index is 10.5. The van der Waals surface area contributed by atoms with Crippen molar-refractivity contribution in [1.82, 2.24) is 0 Å². The van der Waals surface area contributed by atoms with Gasteiger partial charge in [0.1, 0.15) is 0 Å². The monoisotopic (exact) mass is 277 g/mol. The Bertz CT molecular complexity index is 514. The predicted molar refractivity (Wildman–Crippen MR) is 76.7 cm³/mol. The summed E-state index contributed by atoms with van der Waals surface area (Å²) in [5.41, 5.74) is 1.23. The van der Waals surface area contributed by atoms with Crippen molar-refractivity contribution in [2.45, 2.75) is 10.6 Å². The smallest absolute Gasteiger partial charge is 0.258 e. The summed E-state index contributed by atoms with van der Waals surface area (Å²) in [4.78, 5) is 11.3. The van der Waals surface area contributed by atoms with Crippen molar-refractivity contribution >= 4 is 27.3 Å². The Morgan fingerprint density at radius 2 is 1.67 bits per heavy atom. The second-order valence-electron chi connectivity index (χ2n) is 3.58. The van der Waals surface area contributed by atoms with Crippen LogP contribution in [0.2, 0.25) is 0 Å². The highest BCUT2D eigenvalue weighted by atomic mass is 33.1. The highest BCUT2D eigenvalue weighted by Gasteiger charge is 2.03. The van der Waals surface area contributed by atoms with Crippen molar-refractivity contribution in [3.63, 3.8) is 0 Å². The molecule has 0 fully saturated rings. The topological polar surface area (TPSA) is 43.1 Å². The molecule has 18 heavy (non-hydrogen) atoms. The van der Waals surface area contributed by atoms with E-state index >= 15 is 0 Å². The molecule has 92 valence electrons. The van der Waals surface area contributed by atoms with Crippen molar-refractivity contribution in [3.8, 4) is 0 Å². The fraction of sp³-hybridized carbons (Fsp3) is 0.0769. The third-order valence-corrected chi connectivity index (χ3v) is 4.59. The van der Waals surface area contributed by atoms with Gasteiger partial charge < -0.3 is 0 Å². The van der Waals surface area contributed by atoms with Crippen LogP contribution in [0.1, 0.15) is 5.56 Å². The lowest BCUT2D eigenvalue weighted by atomic mass is 10.2. The minimum absolute atomic E-state index is 0.138. The molecule has 0 amide bonds. The molecule has 0 unspecified atom stereocenters. The van der Waals surface area contributed by atoms with Gasteiger partial charge in [0.2, 0.25) is 0 Å². The largest absolute Gasteiger partial charge is 0.269 e. The lowest BCUT2D eigenvalue weighted by molar-refractivity contribution is -0.384. The first-order valence-electron chi connectivity index (χ1n) is 5.33. The normalized spacial score (nSPS) is 10.2. The van der Waals surface area contributed by atoms with Crippen LogP contribution < -0.4 is 0 Å². The van der Waals surface area contributed by atoms with Crippen LogP contribution in [0.25, 0.3) is 0 Å². The minimum atomic E-state index is -0.379. The average molecular weight is 277 g/mol. The van der Waals surface area contributed by atoms with Crippen LogP contribution in [0.15, 0.2) is 59.5 Å². The Morgan fingerprint density at radius 3 is 2.28 bits per heavy atom. The van der Waals surface area contributed by atoms with Crippen LogP contribution >= 0.6 is 21.6 Å². The van der Waals surface area contributed by atoms with Crippen molar-refractivity contribution in [2.24, 2.45) is 0 Å². The van der Waals surface area contributed by atoms with E-state index in [0.29, 0.717) is 0 Å². The Morgan fingerprint density at radius 1 is 1.00 bits per heavy atom. The summed E-state index contributed by atoms with van der Waals surface area (Å²) in [6.07, 6.45) is 0. The van der Waals surface area contributed by atoms with Gasteiger partial charge in [0, 0.05) is 22.8 Å². The van der Waals surface area contributed by atoms with Gasteiger partial charge in [-0.3, -0.25) is 10.1 Å². The summed E-state index contributed by atoms with van der Waals surface area (Å²) in [6.45, 7) is 0. The van der Waals surface area contributed by atoms with E-state index in [1.807, 2.05) is 18.2 Å². The van der Waals surface area contributed by atoms with Crippen molar-refractivity contribution in [2.75, 3.05) is 0 Å². The summed E-state index contributed by atoms with van der Waals surface area (Å²) in [5, 5.41) is 10.5. The molecule has 0 N–H and O–H groups in total. The van der Waals surface area contributed by atoms with Crippen molar-refractivity contribution < 1.29 is 4.92 Å². The number of nitrogens with zero attached hydrogens (tertiary/aromatic N) is 1. The van der Waals surface area contributed by atoms with E-state index in [1.54, 1.807) is 45.9 Å². The van der Waals surface area contributed by atoms with E-state index in [-0.39, 0.29) is 10.6 Å². The van der Waals surface area contributed by atoms with Gasteiger partial charge in [-0.05, 0) is 17.7 Å². The second kappa shape index (κ2) is 6.47. The molecule has 0 saturated heterocycles. The number of rotatable bonds is 5. The molecule has 0 aliphatic heterocycles. The number of hydrogen-bond donors (Lipinski definition) is 0. The van der Waals surface area contributed by atoms with Crippen molar-refractivity contribution in [3.05, 3.63) is 70.3 Å². The molecule has 5 heteroatoms. The Kier molecular flexibility index (Phi) is 4.66. The summed E-state index contributed by atoms with van der Waals surface area (Å²) in [6, 6.07) is 16.8. The maximum Gasteiger partial charge on any atom is 0.269 e. The third-order valence-electron chi connectivity index (χ3n) is 2.27. The molecule has 0 saturated carbocycles. The Labute approximate surface area is 113 Å². The van der Waals surface area contributed by atoms with Crippen LogP contribution in [-0.2, 0) is 5.75 Å². The molecule has 2 rings (SSSR count). The molecule has 0 bridgehead atoms. The highest BCUT2D eigenvalue weighted by Crippen LogP contribution is 2.33. The quantitative estimate of drug-likeness (QED) is 0.457. The van der Waals surface area contributed by atoms with E-state index < -0.39 is 0 Å². The second-order valence-corrected chi connectivity index (χ2v) is 5.95. The number of benzene rings is 2. The predicted octanol–water partition coefficient (Wildman–Crippen LogP) is 4.54. The van der Waals surface area contributed by atoms with Crippen LogP contribution in [0.3, 0.4) is 0 Å². The van der Waals surface area contributed by atoms with E-state index in [2.05, 4.69) is 12.1 Å². The minimum Gasteiger partial charge on any atom is -0.258 e. The molecule has 3 nitrogen and oxygen atoms in total. The van der Waals surface area contributed by atoms with Gasteiger partial charge in [0.25, 0.3) is 5.69 Å². The number of non-ortho nitro benzene ring substituents is 1. The Hall–Kier alpha value is -1.46. The lowest BCUT2D eigenvalue weighted by Crippen LogP contribution is -1.87. The molecule has 2 aromatic rings. The molecular weight excluding hydrogens is 266 g/mol. The zero-order valence-electron chi connectivity index (χ0n) is 9.48. The standard InChI is InChI=1S/C13H11NO2S2/c15-14(16)12-8-6-11(7-9-12)10-17-18-13-4-2-1-3-5-13/h1-9H,10H2. The molecule has 0 aromatic heterocycles. The SMILES string of the molecule is O=[N+]([O-])c1ccc(CSSc2ccccc2)cc1. The summed E-state index contributed by atoms with van der Waals surface area (Å²) < 4.78 is 0. The molecular formula is C13H11NO2S2. The lowest BCUT2D eigenvalue weighted by Gasteiger charge is -2.01. The van der Waals surface area contributed by atoms with Crippen LogP contribution in [0, 0.1) is 10.1 Å². The van der Waals surface area contributed by atoms with E-state index in [4.69, 9.17) is 0 Å². The van der Waals surface area contributed by atoms with Crippen LogP contribution in [0.5, 0.6) is 0 Å². The summed E-state index contributed by atoms with van der Waals surface area (Å²) in [7, 11) is 3.43. The zero-order chi connectivity index (χ0) is 12.8. The molecule has 2 aromatic carbocycles. The zero-order valence-corrected chi connectivity index (χ0v) is 11.1. The first kappa shape index (κ1) is 13.0. The van der Waals surface area contributed by atoms with Gasteiger partial charge in [-0.1, -0.05) is 51.9 Å². The van der Waals surface area contributed by atoms with Gasteiger partial charge in [-0.2, -0.15) is 0 Å². The van der Waals surface area contributed by atoms with Crippen molar-refractivity contribution in [1.29, 1.82) is 0 Å². The molecule has 0 atom stereocenters. The Balaban J connectivity index is 1.85. The summed E-state index contributed by atoms with van der Waals surface area (Å²) >= 11 is 0. The van der Waals surface area contributed by atoms with E-state index in [1.165, 1.54) is 4.90 Å². The molecule has 0 aliphatic carbocycles. The fourth-order valence-corrected chi connectivity index (χ4v) is 3.47. The number of nitro groups is 1. The third kappa shape index (κ3) is 3.78. The van der Waals surface area contributed by atoms with Gasteiger partial charge >= 0.3 is 0 Å². The van der Waals surface area contributed by atoms with Gasteiger partial charge in [0.15, 0.2) is 0 Å². The summed E-state index contributed by atoms with van der Waals surface area (Å²) in [5.74, 6) is 0.831.